The molecule has 1 aromatic carbocycles. The van der Waals surface area contributed by atoms with E-state index in [0.717, 1.165) is 0 Å². The zero-order valence-corrected chi connectivity index (χ0v) is 12.5. The number of carboxylic acid groups (broad SMARTS) is 1. The van der Waals surface area contributed by atoms with Crippen molar-refractivity contribution in [3.8, 4) is 5.75 Å². The number of carbonyl (C=O) groups is 1. The molecule has 0 heterocycles. The molecule has 0 amide bonds. The van der Waals surface area contributed by atoms with Crippen molar-refractivity contribution in [2.75, 3.05) is 17.6 Å². The minimum atomic E-state index is -3.56. The number of ether oxygens (including phenoxy) is 1. The summed E-state index contributed by atoms with van der Waals surface area (Å²) in [5.74, 6) is -0.658. The van der Waals surface area contributed by atoms with Crippen LogP contribution < -0.4 is 9.46 Å². The Morgan fingerprint density at radius 3 is 2.55 bits per heavy atom. The largest absolute Gasteiger partial charge is 0.497 e. The second-order valence-electron chi connectivity index (χ2n) is 4.82. The molecule has 0 aliphatic heterocycles. The number of rotatable bonds is 7. The highest BCUT2D eigenvalue weighted by atomic mass is 32.2. The highest BCUT2D eigenvalue weighted by Gasteiger charge is 2.17. The number of nitrogens with one attached hydrogen (secondary N) is 1. The number of methoxy groups -OCH3 is 1. The summed E-state index contributed by atoms with van der Waals surface area (Å²) in [6.07, 6.45) is 0.508. The molecular weight excluding hydrogens is 282 g/mol. The van der Waals surface area contributed by atoms with Crippen LogP contribution in [0.2, 0.25) is 0 Å². The number of carboxylic acids is 1. The predicted molar refractivity (Wildman–Crippen MR) is 76.8 cm³/mol. The Morgan fingerprint density at radius 1 is 1.40 bits per heavy atom. The van der Waals surface area contributed by atoms with Crippen molar-refractivity contribution in [3.05, 3.63) is 23.8 Å². The summed E-state index contributed by atoms with van der Waals surface area (Å²) >= 11 is 0. The van der Waals surface area contributed by atoms with Crippen LogP contribution in [0.15, 0.2) is 18.2 Å². The van der Waals surface area contributed by atoms with E-state index in [4.69, 9.17) is 9.84 Å². The summed E-state index contributed by atoms with van der Waals surface area (Å²) in [5.41, 5.74) is -0.0977. The van der Waals surface area contributed by atoms with E-state index in [0.29, 0.717) is 12.2 Å². The van der Waals surface area contributed by atoms with Crippen LogP contribution in [0.3, 0.4) is 0 Å². The van der Waals surface area contributed by atoms with Crippen molar-refractivity contribution in [3.63, 3.8) is 0 Å². The third-order valence-electron chi connectivity index (χ3n) is 2.69. The van der Waals surface area contributed by atoms with Gasteiger partial charge in [0.2, 0.25) is 10.0 Å². The van der Waals surface area contributed by atoms with E-state index in [1.165, 1.54) is 25.3 Å². The molecular formula is C13H19NO5S. The van der Waals surface area contributed by atoms with E-state index >= 15 is 0 Å². The van der Waals surface area contributed by atoms with Gasteiger partial charge in [-0.1, -0.05) is 13.8 Å². The van der Waals surface area contributed by atoms with Crippen LogP contribution in [0.25, 0.3) is 0 Å². The number of anilines is 1. The Kier molecular flexibility index (Phi) is 5.38. The summed E-state index contributed by atoms with van der Waals surface area (Å²) in [6.45, 7) is 3.84. The molecule has 2 N–H and O–H groups in total. The second kappa shape index (κ2) is 6.60. The van der Waals surface area contributed by atoms with Gasteiger partial charge in [-0.05, 0) is 30.5 Å². The highest BCUT2D eigenvalue weighted by molar-refractivity contribution is 7.92. The maximum Gasteiger partial charge on any atom is 0.337 e. The van der Waals surface area contributed by atoms with Gasteiger partial charge in [0.25, 0.3) is 0 Å². The predicted octanol–water partition coefficient (Wildman–Crippen LogP) is 2.18. The third kappa shape index (κ3) is 4.73. The fourth-order valence-electron chi connectivity index (χ4n) is 1.53. The van der Waals surface area contributed by atoms with E-state index in [-0.39, 0.29) is 22.9 Å². The lowest BCUT2D eigenvalue weighted by Gasteiger charge is -2.12. The van der Waals surface area contributed by atoms with Gasteiger partial charge in [0.1, 0.15) is 5.75 Å². The van der Waals surface area contributed by atoms with Crippen molar-refractivity contribution in [2.45, 2.75) is 20.3 Å². The van der Waals surface area contributed by atoms with Crippen LogP contribution in [0.5, 0.6) is 5.75 Å². The number of hydrogen-bond acceptors (Lipinski definition) is 4. The third-order valence-corrected chi connectivity index (χ3v) is 3.99. The highest BCUT2D eigenvalue weighted by Crippen LogP contribution is 2.23. The molecule has 20 heavy (non-hydrogen) atoms. The second-order valence-corrected chi connectivity index (χ2v) is 6.66. The first-order chi connectivity index (χ1) is 9.25. The standard InChI is InChI=1S/C13H19NO5S/c1-9(2)6-7-20(17,18)14-12-5-4-10(19-3)8-11(12)13(15)16/h4-5,8-9,14H,6-7H2,1-3H3,(H,15,16). The van der Waals surface area contributed by atoms with E-state index in [9.17, 15) is 13.2 Å². The minimum absolute atomic E-state index is 0.0436. The van der Waals surface area contributed by atoms with Crippen LogP contribution in [0, 0.1) is 5.92 Å². The molecule has 0 aromatic heterocycles. The molecule has 0 bridgehead atoms. The number of hydrogen-bond donors (Lipinski definition) is 2. The Balaban J connectivity index is 2.99. The Labute approximate surface area is 118 Å². The van der Waals surface area contributed by atoms with Gasteiger partial charge < -0.3 is 9.84 Å². The molecule has 1 aromatic rings. The van der Waals surface area contributed by atoms with Crippen molar-refractivity contribution in [1.29, 1.82) is 0 Å². The molecule has 0 saturated carbocycles. The van der Waals surface area contributed by atoms with E-state index in [1.54, 1.807) is 0 Å². The first-order valence-corrected chi connectivity index (χ1v) is 7.82. The summed E-state index contributed by atoms with van der Waals surface area (Å²) < 4.78 is 31.0. The van der Waals surface area contributed by atoms with E-state index in [1.807, 2.05) is 13.8 Å². The SMILES string of the molecule is COc1ccc(NS(=O)(=O)CCC(C)C)c(C(=O)O)c1. The molecule has 0 aliphatic rings. The van der Waals surface area contributed by atoms with Gasteiger partial charge in [-0.2, -0.15) is 0 Å². The van der Waals surface area contributed by atoms with Gasteiger partial charge in [0.05, 0.1) is 24.1 Å². The number of benzene rings is 1. The van der Waals surface area contributed by atoms with Crippen LogP contribution in [0.1, 0.15) is 30.6 Å². The lowest BCUT2D eigenvalue weighted by atomic mass is 10.2. The normalized spacial score (nSPS) is 11.4. The van der Waals surface area contributed by atoms with E-state index in [2.05, 4.69) is 4.72 Å². The summed E-state index contributed by atoms with van der Waals surface area (Å²) in [7, 11) is -2.15. The molecule has 0 radical (unpaired) electrons. The molecule has 0 spiro atoms. The Bertz CT molecular complexity index is 580. The van der Waals surface area contributed by atoms with Gasteiger partial charge in [0.15, 0.2) is 0 Å². The molecule has 0 saturated heterocycles. The van der Waals surface area contributed by atoms with Crippen LogP contribution in [-0.2, 0) is 10.0 Å². The molecule has 0 aliphatic carbocycles. The maximum absolute atomic E-state index is 11.9. The first kappa shape index (κ1) is 16.3. The molecule has 0 unspecified atom stereocenters. The number of aromatic carboxylic acids is 1. The maximum atomic E-state index is 11.9. The van der Waals surface area contributed by atoms with Crippen LogP contribution in [-0.4, -0.2) is 32.4 Å². The van der Waals surface area contributed by atoms with Gasteiger partial charge in [-0.3, -0.25) is 4.72 Å². The first-order valence-electron chi connectivity index (χ1n) is 6.17. The summed E-state index contributed by atoms with van der Waals surface area (Å²) in [6, 6.07) is 4.17. The zero-order valence-electron chi connectivity index (χ0n) is 11.7. The molecule has 0 atom stereocenters. The van der Waals surface area contributed by atoms with Crippen molar-refractivity contribution in [1.82, 2.24) is 0 Å². The Hall–Kier alpha value is -1.76. The van der Waals surface area contributed by atoms with Crippen molar-refractivity contribution < 1.29 is 23.1 Å². The van der Waals surface area contributed by atoms with Crippen LogP contribution in [0.4, 0.5) is 5.69 Å². The van der Waals surface area contributed by atoms with Gasteiger partial charge in [-0.15, -0.1) is 0 Å². The lowest BCUT2D eigenvalue weighted by molar-refractivity contribution is 0.0697. The average molecular weight is 301 g/mol. The molecule has 6 nitrogen and oxygen atoms in total. The van der Waals surface area contributed by atoms with Crippen LogP contribution >= 0.6 is 0 Å². The fourth-order valence-corrected chi connectivity index (χ4v) is 2.92. The molecule has 7 heteroatoms. The zero-order chi connectivity index (χ0) is 15.3. The van der Waals surface area contributed by atoms with Gasteiger partial charge >= 0.3 is 5.97 Å². The van der Waals surface area contributed by atoms with Crippen molar-refractivity contribution in [2.24, 2.45) is 5.92 Å². The fraction of sp³-hybridized carbons (Fsp3) is 0.462. The lowest BCUT2D eigenvalue weighted by Crippen LogP contribution is -2.19. The van der Waals surface area contributed by atoms with Crippen molar-refractivity contribution >= 4 is 21.7 Å². The molecule has 1 rings (SSSR count). The average Bonchev–Trinajstić information content (AvgIpc) is 2.36. The smallest absolute Gasteiger partial charge is 0.337 e. The topological polar surface area (TPSA) is 92.7 Å². The molecule has 0 fully saturated rings. The van der Waals surface area contributed by atoms with E-state index < -0.39 is 16.0 Å². The quantitative estimate of drug-likeness (QED) is 0.805. The van der Waals surface area contributed by atoms with Gasteiger partial charge in [0, 0.05) is 0 Å². The summed E-state index contributed by atoms with van der Waals surface area (Å²) in [4.78, 5) is 11.2. The molecule has 112 valence electrons. The number of sulfonamides is 1. The van der Waals surface area contributed by atoms with Gasteiger partial charge in [-0.25, -0.2) is 13.2 Å². The summed E-state index contributed by atoms with van der Waals surface area (Å²) in [5, 5.41) is 9.11. The minimum Gasteiger partial charge on any atom is -0.497 e. The monoisotopic (exact) mass is 301 g/mol. The Morgan fingerprint density at radius 2 is 2.05 bits per heavy atom.